The molecule has 36 heavy (non-hydrogen) atoms. The molecule has 12 heteroatoms. The van der Waals surface area contributed by atoms with Crippen LogP contribution >= 0.6 is 0 Å². The molecule has 0 aliphatic heterocycles. The molecule has 0 fully saturated rings. The van der Waals surface area contributed by atoms with E-state index >= 15 is 0 Å². The average molecular weight is 542 g/mol. The second-order valence-electron chi connectivity index (χ2n) is 11.4. The van der Waals surface area contributed by atoms with Gasteiger partial charge in [-0.05, 0) is 56.2 Å². The van der Waals surface area contributed by atoms with Crippen molar-refractivity contribution >= 4 is 30.0 Å². The molecule has 0 saturated carbocycles. The predicted octanol–water partition coefficient (Wildman–Crippen LogP) is 4.13. The Balaban J connectivity index is 2.07. The summed E-state index contributed by atoms with van der Waals surface area (Å²) in [7, 11) is -6.19. The molecule has 0 spiro atoms. The number of aromatic nitrogens is 1. The van der Waals surface area contributed by atoms with Crippen molar-refractivity contribution in [3.05, 3.63) is 47.6 Å². The van der Waals surface area contributed by atoms with E-state index in [0.717, 1.165) is 24.3 Å². The van der Waals surface area contributed by atoms with Crippen molar-refractivity contribution in [3.8, 4) is 0 Å². The Bertz CT molecular complexity index is 1220. The first-order valence-corrected chi connectivity index (χ1v) is 15.8. The first-order chi connectivity index (χ1) is 16.2. The minimum Gasteiger partial charge on any atom is -0.416 e. The Kier molecular flexibility index (Phi) is 8.29. The molecule has 0 aliphatic rings. The summed E-state index contributed by atoms with van der Waals surface area (Å²) >= 11 is 0. The van der Waals surface area contributed by atoms with E-state index in [1.165, 1.54) is 19.9 Å². The van der Waals surface area contributed by atoms with Gasteiger partial charge in [-0.15, -0.1) is 0 Å². The highest BCUT2D eigenvalue weighted by Gasteiger charge is 2.43. The molecule has 0 bridgehead atoms. The van der Waals surface area contributed by atoms with Crippen molar-refractivity contribution in [2.24, 2.45) is 0 Å². The topological polar surface area (TPSA) is 128 Å². The zero-order valence-corrected chi connectivity index (χ0v) is 24.1. The molecule has 1 aromatic carbocycles. The van der Waals surface area contributed by atoms with Crippen LogP contribution in [0.5, 0.6) is 0 Å². The summed E-state index contributed by atoms with van der Waals surface area (Å²) in [5.41, 5.74) is 4.22. The lowest BCUT2D eigenvalue weighted by Gasteiger charge is -2.38. The third kappa shape index (κ3) is 6.21. The number of amides is 2. The number of halogens is 1. The highest BCUT2D eigenvalue weighted by Crippen LogP contribution is 2.38. The number of rotatable bonds is 8. The quantitative estimate of drug-likeness (QED) is 0.292. The molecule has 0 radical (unpaired) electrons. The lowest BCUT2D eigenvalue weighted by Crippen LogP contribution is -2.53. The van der Waals surface area contributed by atoms with E-state index in [4.69, 9.17) is 8.95 Å². The summed E-state index contributed by atoms with van der Waals surface area (Å²) in [6.07, 6.45) is 0. The molecule has 2 N–H and O–H groups in total. The fourth-order valence-electron chi connectivity index (χ4n) is 2.71. The van der Waals surface area contributed by atoms with E-state index in [-0.39, 0.29) is 15.7 Å². The number of carbonyl (C=O) groups excluding carboxylic acids is 2. The fraction of sp³-hybridized carbons (Fsp3) is 0.542. The second-order valence-corrected chi connectivity index (χ2v) is 18.7. The van der Waals surface area contributed by atoms with Gasteiger partial charge in [0.25, 0.3) is 5.91 Å². The van der Waals surface area contributed by atoms with Gasteiger partial charge in [-0.1, -0.05) is 39.8 Å². The molecular formula is C24H36FN3O6SSi. The van der Waals surface area contributed by atoms with Crippen LogP contribution in [0.15, 0.2) is 39.8 Å². The van der Waals surface area contributed by atoms with E-state index in [9.17, 15) is 22.4 Å². The highest BCUT2D eigenvalue weighted by atomic mass is 32.2. The molecule has 0 atom stereocenters. The van der Waals surface area contributed by atoms with Crippen LogP contribution in [0.4, 0.5) is 4.39 Å². The summed E-state index contributed by atoms with van der Waals surface area (Å²) in [4.78, 5) is 25.0. The van der Waals surface area contributed by atoms with Crippen LogP contribution in [-0.4, -0.2) is 45.1 Å². The van der Waals surface area contributed by atoms with Gasteiger partial charge in [0.1, 0.15) is 5.82 Å². The molecule has 0 unspecified atom stereocenters. The van der Waals surface area contributed by atoms with Crippen molar-refractivity contribution in [3.63, 3.8) is 0 Å². The monoisotopic (exact) mass is 541 g/mol. The average Bonchev–Trinajstić information content (AvgIpc) is 3.27. The Hall–Kier alpha value is -2.57. The van der Waals surface area contributed by atoms with Gasteiger partial charge in [0.2, 0.25) is 5.76 Å². The summed E-state index contributed by atoms with van der Waals surface area (Å²) in [5.74, 6) is -2.56. The first kappa shape index (κ1) is 29.7. The Morgan fingerprint density at radius 3 is 2.11 bits per heavy atom. The van der Waals surface area contributed by atoms with Gasteiger partial charge in [0.05, 0.1) is 10.6 Å². The lowest BCUT2D eigenvalue weighted by atomic mass is 9.90. The summed E-state index contributed by atoms with van der Waals surface area (Å²) in [6, 6.07) is 5.58. The smallest absolute Gasteiger partial charge is 0.308 e. The number of sulfone groups is 1. The standard InChI is InChI=1S/C24H36FN3O6SSi/c1-22(2,3)36(8,9)33-15-23(4,5)19-14-18(34-28-19)20(29)26-27-21(30)24(6,7)35(31,32)17-12-10-16(25)11-13-17/h10-14H,15H2,1-9H3,(H,26,29)(H,27,30). The second kappa shape index (κ2) is 10.1. The largest absolute Gasteiger partial charge is 0.416 e. The molecular weight excluding hydrogens is 505 g/mol. The van der Waals surface area contributed by atoms with Crippen LogP contribution in [0.1, 0.15) is 64.7 Å². The molecule has 2 amide bonds. The summed E-state index contributed by atoms with van der Waals surface area (Å²) in [5, 5.41) is 4.03. The van der Waals surface area contributed by atoms with Crippen LogP contribution in [0.3, 0.4) is 0 Å². The fourth-order valence-corrected chi connectivity index (χ4v) is 5.24. The Morgan fingerprint density at radius 2 is 1.58 bits per heavy atom. The number of hydrazine groups is 1. The molecule has 2 rings (SSSR count). The zero-order valence-electron chi connectivity index (χ0n) is 22.3. The number of nitrogens with one attached hydrogen (secondary N) is 2. The van der Waals surface area contributed by atoms with Crippen molar-refractivity contribution < 1.29 is 31.3 Å². The van der Waals surface area contributed by atoms with Gasteiger partial charge in [0, 0.05) is 18.1 Å². The SMILES string of the molecule is CC(C)(CO[Si](C)(C)C(C)(C)C)c1cc(C(=O)NNC(=O)C(C)(C)S(=O)(=O)c2ccc(F)cc2)on1. The van der Waals surface area contributed by atoms with Crippen molar-refractivity contribution in [2.75, 3.05) is 6.61 Å². The third-order valence-corrected chi connectivity index (χ3v) is 13.6. The van der Waals surface area contributed by atoms with Crippen LogP contribution in [0.25, 0.3) is 0 Å². The number of carbonyl (C=O) groups is 2. The molecule has 1 heterocycles. The third-order valence-electron chi connectivity index (χ3n) is 6.66. The van der Waals surface area contributed by atoms with E-state index < -0.39 is 45.9 Å². The summed E-state index contributed by atoms with van der Waals surface area (Å²) < 4.78 is 48.5. The van der Waals surface area contributed by atoms with E-state index in [1.54, 1.807) is 0 Å². The van der Waals surface area contributed by atoms with E-state index in [1.807, 2.05) is 13.8 Å². The lowest BCUT2D eigenvalue weighted by molar-refractivity contribution is -0.123. The molecule has 9 nitrogen and oxygen atoms in total. The van der Waals surface area contributed by atoms with E-state index in [0.29, 0.717) is 12.3 Å². The zero-order chi connectivity index (χ0) is 27.7. The number of hydrogen-bond donors (Lipinski definition) is 2. The minimum atomic E-state index is -4.19. The van der Waals surface area contributed by atoms with Crippen molar-refractivity contribution in [1.29, 1.82) is 0 Å². The van der Waals surface area contributed by atoms with Gasteiger partial charge in [-0.3, -0.25) is 20.4 Å². The van der Waals surface area contributed by atoms with Crippen LogP contribution < -0.4 is 10.9 Å². The number of nitrogens with zero attached hydrogens (tertiary/aromatic N) is 1. The maximum Gasteiger partial charge on any atom is 0.308 e. The normalized spacial score (nSPS) is 13.4. The van der Waals surface area contributed by atoms with Crippen molar-refractivity contribution in [2.45, 2.75) is 81.7 Å². The molecule has 1 aromatic heterocycles. The summed E-state index contributed by atoms with van der Waals surface area (Å²) in [6.45, 7) is 17.3. The van der Waals surface area contributed by atoms with Gasteiger partial charge in [-0.25, -0.2) is 12.8 Å². The van der Waals surface area contributed by atoms with Crippen molar-refractivity contribution in [1.82, 2.24) is 16.0 Å². The number of hydrogen-bond acceptors (Lipinski definition) is 7. The van der Waals surface area contributed by atoms with Gasteiger partial charge in [-0.2, -0.15) is 0 Å². The highest BCUT2D eigenvalue weighted by molar-refractivity contribution is 7.93. The predicted molar refractivity (Wildman–Crippen MR) is 136 cm³/mol. The maximum atomic E-state index is 13.2. The maximum absolute atomic E-state index is 13.2. The molecule has 0 aliphatic carbocycles. The van der Waals surface area contributed by atoms with Gasteiger partial charge < -0.3 is 8.95 Å². The van der Waals surface area contributed by atoms with E-state index in [2.05, 4.69) is 49.9 Å². The van der Waals surface area contributed by atoms with Crippen LogP contribution in [0.2, 0.25) is 18.1 Å². The molecule has 200 valence electrons. The van der Waals surface area contributed by atoms with Crippen LogP contribution in [-0.2, 0) is 24.5 Å². The first-order valence-electron chi connectivity index (χ1n) is 11.4. The van der Waals surface area contributed by atoms with Gasteiger partial charge in [0.15, 0.2) is 22.9 Å². The molecule has 0 saturated heterocycles. The van der Waals surface area contributed by atoms with Crippen LogP contribution in [0, 0.1) is 5.82 Å². The Morgan fingerprint density at radius 1 is 1.03 bits per heavy atom. The molecule has 2 aromatic rings. The Labute approximate surface area is 213 Å². The number of benzene rings is 1. The van der Waals surface area contributed by atoms with Gasteiger partial charge >= 0.3 is 5.91 Å². The minimum absolute atomic E-state index is 0.0358.